The summed E-state index contributed by atoms with van der Waals surface area (Å²) in [6.45, 7) is 0. The third kappa shape index (κ3) is 1.19. The summed E-state index contributed by atoms with van der Waals surface area (Å²) in [5.41, 5.74) is 6.41. The van der Waals surface area contributed by atoms with Gasteiger partial charge in [-0.05, 0) is 28.7 Å². The van der Waals surface area contributed by atoms with Crippen molar-refractivity contribution in [2.24, 2.45) is 0 Å². The standard InChI is InChI=1S/C6H4IN3/c7-6-4(3-8)5(9)1-2-10-6/h1-2H,(H2,9,10). The minimum atomic E-state index is 0.461. The maximum absolute atomic E-state index is 8.52. The van der Waals surface area contributed by atoms with Gasteiger partial charge in [-0.1, -0.05) is 0 Å². The first kappa shape index (κ1) is 7.28. The molecule has 0 aliphatic rings. The molecule has 0 radical (unpaired) electrons. The molecule has 0 spiro atoms. The summed E-state index contributed by atoms with van der Waals surface area (Å²) >= 11 is 1.97. The predicted molar refractivity (Wildman–Crippen MR) is 46.1 cm³/mol. The number of nitrogens with zero attached hydrogens (tertiary/aromatic N) is 2. The first-order valence-corrected chi connectivity index (χ1v) is 3.63. The van der Waals surface area contributed by atoms with E-state index in [1.54, 1.807) is 12.3 Å². The smallest absolute Gasteiger partial charge is 0.121 e. The minimum Gasteiger partial charge on any atom is -0.398 e. The maximum atomic E-state index is 8.52. The Kier molecular flexibility index (Phi) is 2.06. The Morgan fingerprint density at radius 2 is 2.40 bits per heavy atom. The fourth-order valence-corrected chi connectivity index (χ4v) is 1.15. The number of pyridine rings is 1. The average Bonchev–Trinajstić information content (AvgIpc) is 1.88. The summed E-state index contributed by atoms with van der Waals surface area (Å²) in [6.07, 6.45) is 1.58. The lowest BCUT2D eigenvalue weighted by molar-refractivity contribution is 1.25. The van der Waals surface area contributed by atoms with E-state index in [-0.39, 0.29) is 0 Å². The fourth-order valence-electron chi connectivity index (χ4n) is 0.561. The van der Waals surface area contributed by atoms with Crippen LogP contribution in [0.15, 0.2) is 12.3 Å². The van der Waals surface area contributed by atoms with E-state index in [1.807, 2.05) is 28.7 Å². The van der Waals surface area contributed by atoms with E-state index in [4.69, 9.17) is 11.0 Å². The fraction of sp³-hybridized carbons (Fsp3) is 0. The van der Waals surface area contributed by atoms with E-state index in [0.29, 0.717) is 15.0 Å². The summed E-state index contributed by atoms with van der Waals surface area (Å²) in [4.78, 5) is 3.89. The van der Waals surface area contributed by atoms with E-state index in [1.165, 1.54) is 0 Å². The molecule has 0 bridgehead atoms. The second-order valence-corrected chi connectivity index (χ2v) is 2.70. The summed E-state index contributed by atoms with van der Waals surface area (Å²) < 4.78 is 0.653. The molecular formula is C6H4IN3. The van der Waals surface area contributed by atoms with Crippen LogP contribution < -0.4 is 5.73 Å². The van der Waals surface area contributed by atoms with Gasteiger partial charge in [0.1, 0.15) is 15.3 Å². The number of hydrogen-bond acceptors (Lipinski definition) is 3. The molecule has 4 heteroatoms. The lowest BCUT2D eigenvalue weighted by Crippen LogP contribution is -1.94. The molecule has 1 rings (SSSR count). The van der Waals surface area contributed by atoms with E-state index in [9.17, 15) is 0 Å². The minimum absolute atomic E-state index is 0.461. The van der Waals surface area contributed by atoms with Gasteiger partial charge in [0.25, 0.3) is 0 Å². The van der Waals surface area contributed by atoms with Crippen LogP contribution in [0.1, 0.15) is 5.56 Å². The largest absolute Gasteiger partial charge is 0.398 e. The maximum Gasteiger partial charge on any atom is 0.121 e. The lowest BCUT2D eigenvalue weighted by Gasteiger charge is -1.95. The monoisotopic (exact) mass is 245 g/mol. The normalized spacial score (nSPS) is 8.80. The van der Waals surface area contributed by atoms with Crippen molar-refractivity contribution in [3.8, 4) is 6.07 Å². The Morgan fingerprint density at radius 3 is 2.80 bits per heavy atom. The summed E-state index contributed by atoms with van der Waals surface area (Å²) in [5, 5.41) is 8.52. The quantitative estimate of drug-likeness (QED) is 0.550. The molecule has 0 aliphatic heterocycles. The number of hydrogen-bond donors (Lipinski definition) is 1. The molecule has 0 fully saturated rings. The zero-order valence-corrected chi connectivity index (χ0v) is 7.16. The Balaban J connectivity index is 3.34. The molecule has 10 heavy (non-hydrogen) atoms. The second kappa shape index (κ2) is 2.84. The van der Waals surface area contributed by atoms with Crippen molar-refractivity contribution in [2.75, 3.05) is 5.73 Å². The summed E-state index contributed by atoms with van der Waals surface area (Å²) in [7, 11) is 0. The van der Waals surface area contributed by atoms with Crippen LogP contribution in [0, 0.1) is 15.0 Å². The number of rotatable bonds is 0. The van der Waals surface area contributed by atoms with Crippen LogP contribution in [0.3, 0.4) is 0 Å². The summed E-state index contributed by atoms with van der Waals surface area (Å²) in [5.74, 6) is 0. The van der Waals surface area contributed by atoms with Crippen LogP contribution in [0.2, 0.25) is 0 Å². The van der Waals surface area contributed by atoms with Gasteiger partial charge in [0.05, 0.1) is 5.69 Å². The number of anilines is 1. The molecule has 0 atom stereocenters. The van der Waals surface area contributed by atoms with Crippen LogP contribution >= 0.6 is 22.6 Å². The molecule has 0 saturated carbocycles. The molecule has 1 heterocycles. The van der Waals surface area contributed by atoms with Gasteiger partial charge >= 0.3 is 0 Å². The third-order valence-corrected chi connectivity index (χ3v) is 1.87. The summed E-state index contributed by atoms with van der Waals surface area (Å²) in [6, 6.07) is 3.58. The van der Waals surface area contributed by atoms with Crippen molar-refractivity contribution in [3.05, 3.63) is 21.5 Å². The van der Waals surface area contributed by atoms with Crippen LogP contribution in [0.25, 0.3) is 0 Å². The number of nitrogen functional groups attached to an aromatic ring is 1. The van der Waals surface area contributed by atoms with Crippen molar-refractivity contribution in [1.82, 2.24) is 4.98 Å². The van der Waals surface area contributed by atoms with Crippen LogP contribution in [0.4, 0.5) is 5.69 Å². The molecule has 1 aromatic rings. The first-order valence-electron chi connectivity index (χ1n) is 2.56. The van der Waals surface area contributed by atoms with Crippen LogP contribution in [-0.2, 0) is 0 Å². The number of halogens is 1. The molecule has 1 aromatic heterocycles. The van der Waals surface area contributed by atoms with Crippen LogP contribution in [0.5, 0.6) is 0 Å². The first-order chi connectivity index (χ1) is 4.75. The van der Waals surface area contributed by atoms with Crippen molar-refractivity contribution >= 4 is 28.3 Å². The topological polar surface area (TPSA) is 62.7 Å². The highest BCUT2D eigenvalue weighted by atomic mass is 127. The predicted octanol–water partition coefficient (Wildman–Crippen LogP) is 1.14. The zero-order chi connectivity index (χ0) is 7.56. The molecule has 3 nitrogen and oxygen atoms in total. The van der Waals surface area contributed by atoms with E-state index >= 15 is 0 Å². The molecule has 0 aromatic carbocycles. The number of aromatic nitrogens is 1. The molecule has 2 N–H and O–H groups in total. The highest BCUT2D eigenvalue weighted by Gasteiger charge is 2.01. The Morgan fingerprint density at radius 1 is 1.70 bits per heavy atom. The van der Waals surface area contributed by atoms with Gasteiger partial charge in [-0.25, -0.2) is 4.98 Å². The van der Waals surface area contributed by atoms with Gasteiger partial charge < -0.3 is 5.73 Å². The van der Waals surface area contributed by atoms with Crippen molar-refractivity contribution in [1.29, 1.82) is 5.26 Å². The molecule has 0 unspecified atom stereocenters. The van der Waals surface area contributed by atoms with Gasteiger partial charge in [0.15, 0.2) is 0 Å². The molecular weight excluding hydrogens is 241 g/mol. The van der Waals surface area contributed by atoms with E-state index in [2.05, 4.69) is 4.98 Å². The van der Waals surface area contributed by atoms with Crippen molar-refractivity contribution < 1.29 is 0 Å². The highest BCUT2D eigenvalue weighted by molar-refractivity contribution is 14.1. The SMILES string of the molecule is N#Cc1c(N)ccnc1I. The van der Waals surface area contributed by atoms with Crippen molar-refractivity contribution in [2.45, 2.75) is 0 Å². The van der Waals surface area contributed by atoms with Gasteiger partial charge in [-0.3, -0.25) is 0 Å². The Hall–Kier alpha value is -0.830. The van der Waals surface area contributed by atoms with Gasteiger partial charge in [-0.15, -0.1) is 0 Å². The third-order valence-electron chi connectivity index (χ3n) is 1.05. The van der Waals surface area contributed by atoms with Gasteiger partial charge in [0.2, 0.25) is 0 Å². The highest BCUT2D eigenvalue weighted by Crippen LogP contribution is 2.14. The molecule has 0 amide bonds. The molecule has 0 aliphatic carbocycles. The average molecular weight is 245 g/mol. The Bertz CT molecular complexity index is 269. The van der Waals surface area contributed by atoms with Gasteiger partial charge in [-0.2, -0.15) is 5.26 Å². The van der Waals surface area contributed by atoms with Crippen molar-refractivity contribution in [3.63, 3.8) is 0 Å². The Labute approximate surface area is 72.0 Å². The number of nitrogens with two attached hydrogens (primary N) is 1. The molecule has 50 valence electrons. The molecule has 0 saturated heterocycles. The lowest BCUT2D eigenvalue weighted by atomic mass is 10.3. The zero-order valence-electron chi connectivity index (χ0n) is 5.00. The second-order valence-electron chi connectivity index (χ2n) is 1.68. The van der Waals surface area contributed by atoms with Crippen LogP contribution in [-0.4, -0.2) is 4.98 Å². The van der Waals surface area contributed by atoms with E-state index in [0.717, 1.165) is 0 Å². The number of nitriles is 1. The van der Waals surface area contributed by atoms with E-state index < -0.39 is 0 Å². The van der Waals surface area contributed by atoms with Gasteiger partial charge in [0, 0.05) is 6.20 Å².